The number of benzene rings is 2. The minimum atomic E-state index is 0.247. The molecule has 2 unspecified atom stereocenters. The molecule has 2 atom stereocenters. The molecule has 1 heteroatoms. The van der Waals surface area contributed by atoms with Crippen molar-refractivity contribution in [1.29, 1.82) is 0 Å². The molecule has 1 nitrogen and oxygen atoms in total. The number of nitrogens with zero attached hydrogens (tertiary/aromatic N) is 1. The lowest BCUT2D eigenvalue weighted by atomic mass is 10.0. The molecule has 1 aliphatic heterocycles. The van der Waals surface area contributed by atoms with Gasteiger partial charge in [0.15, 0.2) is 0 Å². The highest BCUT2D eigenvalue weighted by atomic mass is 15.3. The van der Waals surface area contributed by atoms with Crippen LogP contribution in [0, 0.1) is 0 Å². The van der Waals surface area contributed by atoms with E-state index in [0.29, 0.717) is 0 Å². The van der Waals surface area contributed by atoms with Gasteiger partial charge in [-0.3, -0.25) is 4.90 Å². The maximum Gasteiger partial charge on any atom is 0.0564 e. The van der Waals surface area contributed by atoms with E-state index in [1.54, 1.807) is 0 Å². The maximum atomic E-state index is 2.51. The Morgan fingerprint density at radius 3 is 2.18 bits per heavy atom. The summed E-state index contributed by atoms with van der Waals surface area (Å²) >= 11 is 0. The molecule has 0 aliphatic carbocycles. The van der Waals surface area contributed by atoms with Gasteiger partial charge in [-0.15, -0.1) is 0 Å². The quantitative estimate of drug-likeness (QED) is 0.720. The van der Waals surface area contributed by atoms with Gasteiger partial charge >= 0.3 is 0 Å². The van der Waals surface area contributed by atoms with E-state index in [1.165, 1.54) is 11.1 Å². The molecule has 0 spiro atoms. The Labute approximate surface area is 103 Å². The first-order chi connectivity index (χ1) is 8.29. The van der Waals surface area contributed by atoms with Crippen LogP contribution in [0.15, 0.2) is 60.7 Å². The van der Waals surface area contributed by atoms with Crippen molar-refractivity contribution in [2.75, 3.05) is 6.54 Å². The van der Waals surface area contributed by atoms with Gasteiger partial charge in [-0.25, -0.2) is 0 Å². The summed E-state index contributed by atoms with van der Waals surface area (Å²) in [5.41, 5.74) is 3.07. The predicted octanol–water partition coefficient (Wildman–Crippen LogP) is 3.42. The molecule has 0 saturated carbocycles. The summed E-state index contributed by atoms with van der Waals surface area (Å²) < 4.78 is 0. The molecular formula is C16H17N. The van der Waals surface area contributed by atoms with Gasteiger partial charge in [-0.1, -0.05) is 60.7 Å². The zero-order valence-corrected chi connectivity index (χ0v) is 10.1. The van der Waals surface area contributed by atoms with Crippen molar-refractivity contribution in [3.8, 4) is 0 Å². The molecule has 1 fully saturated rings. The second kappa shape index (κ2) is 4.01. The minimum Gasteiger partial charge on any atom is -0.286 e. The lowest BCUT2D eigenvalue weighted by Crippen LogP contribution is -2.11. The number of rotatable bonds is 3. The Kier molecular flexibility index (Phi) is 2.49. The highest BCUT2D eigenvalue weighted by Gasteiger charge is 2.48. The largest absolute Gasteiger partial charge is 0.286 e. The molecular weight excluding hydrogens is 206 g/mol. The third-order valence-corrected chi connectivity index (χ3v) is 3.71. The SMILES string of the molecule is CC1(c2ccccc2)CN1Cc1ccccc1. The molecule has 0 radical (unpaired) electrons. The standard InChI is InChI=1S/C16H17N/c1-16(15-10-6-3-7-11-15)13-17(16)12-14-8-4-2-5-9-14/h2-11H,12-13H2,1H3. The summed E-state index contributed by atoms with van der Waals surface area (Å²) in [6.45, 7) is 4.53. The van der Waals surface area contributed by atoms with Gasteiger partial charge in [0.1, 0.15) is 0 Å². The number of hydrogen-bond donors (Lipinski definition) is 0. The van der Waals surface area contributed by atoms with Crippen LogP contribution >= 0.6 is 0 Å². The highest BCUT2D eigenvalue weighted by molar-refractivity contribution is 5.31. The average Bonchev–Trinajstić information content (AvgIpc) is 3.04. The average molecular weight is 223 g/mol. The molecule has 1 saturated heterocycles. The Bertz CT molecular complexity index is 491. The van der Waals surface area contributed by atoms with Crippen molar-refractivity contribution in [3.05, 3.63) is 71.8 Å². The highest BCUT2D eigenvalue weighted by Crippen LogP contribution is 2.42. The summed E-state index contributed by atoms with van der Waals surface area (Å²) in [5.74, 6) is 0. The van der Waals surface area contributed by atoms with E-state index in [-0.39, 0.29) is 5.54 Å². The van der Waals surface area contributed by atoms with Crippen LogP contribution in [0.3, 0.4) is 0 Å². The van der Waals surface area contributed by atoms with Crippen LogP contribution in [0.2, 0.25) is 0 Å². The minimum absolute atomic E-state index is 0.247. The molecule has 0 bridgehead atoms. The third-order valence-electron chi connectivity index (χ3n) is 3.71. The zero-order valence-electron chi connectivity index (χ0n) is 10.1. The molecule has 3 rings (SSSR count). The van der Waals surface area contributed by atoms with Gasteiger partial charge in [0.2, 0.25) is 0 Å². The van der Waals surface area contributed by atoms with Gasteiger partial charge in [0.05, 0.1) is 5.54 Å². The van der Waals surface area contributed by atoms with Gasteiger partial charge in [0, 0.05) is 13.1 Å². The van der Waals surface area contributed by atoms with E-state index < -0.39 is 0 Å². The summed E-state index contributed by atoms with van der Waals surface area (Å²) in [4.78, 5) is 2.51. The van der Waals surface area contributed by atoms with Gasteiger partial charge in [-0.05, 0) is 18.1 Å². The smallest absolute Gasteiger partial charge is 0.0564 e. The van der Waals surface area contributed by atoms with Crippen molar-refractivity contribution in [1.82, 2.24) is 4.90 Å². The van der Waals surface area contributed by atoms with Crippen LogP contribution in [0.25, 0.3) is 0 Å². The fraction of sp³-hybridized carbons (Fsp3) is 0.250. The molecule has 1 aliphatic rings. The normalized spacial score (nSPS) is 26.8. The van der Waals surface area contributed by atoms with Gasteiger partial charge in [-0.2, -0.15) is 0 Å². The van der Waals surface area contributed by atoms with Crippen LogP contribution in [0.4, 0.5) is 0 Å². The summed E-state index contributed by atoms with van der Waals surface area (Å²) in [5, 5.41) is 0. The van der Waals surface area contributed by atoms with E-state index >= 15 is 0 Å². The Hall–Kier alpha value is -1.60. The predicted molar refractivity (Wildman–Crippen MR) is 70.6 cm³/mol. The summed E-state index contributed by atoms with van der Waals surface area (Å²) in [6, 6.07) is 21.5. The molecule has 0 amide bonds. The first-order valence-electron chi connectivity index (χ1n) is 6.13. The third kappa shape index (κ3) is 1.98. The van der Waals surface area contributed by atoms with Crippen molar-refractivity contribution in [2.24, 2.45) is 0 Å². The van der Waals surface area contributed by atoms with E-state index in [2.05, 4.69) is 72.5 Å². The van der Waals surface area contributed by atoms with Crippen molar-refractivity contribution in [2.45, 2.75) is 19.0 Å². The van der Waals surface area contributed by atoms with Gasteiger partial charge in [0.25, 0.3) is 0 Å². The Morgan fingerprint density at radius 2 is 1.53 bits per heavy atom. The lowest BCUT2D eigenvalue weighted by Gasteiger charge is -2.13. The van der Waals surface area contributed by atoms with Crippen LogP contribution in [0.5, 0.6) is 0 Å². The first kappa shape index (κ1) is 10.5. The summed E-state index contributed by atoms with van der Waals surface area (Å²) in [7, 11) is 0. The van der Waals surface area contributed by atoms with Gasteiger partial charge < -0.3 is 0 Å². The first-order valence-corrected chi connectivity index (χ1v) is 6.13. The molecule has 2 aromatic carbocycles. The monoisotopic (exact) mass is 223 g/mol. The number of hydrogen-bond acceptors (Lipinski definition) is 1. The molecule has 86 valence electrons. The van der Waals surface area contributed by atoms with E-state index in [4.69, 9.17) is 0 Å². The second-order valence-corrected chi connectivity index (χ2v) is 4.98. The molecule has 0 N–H and O–H groups in total. The molecule has 0 aromatic heterocycles. The zero-order chi connectivity index (χ0) is 11.7. The summed E-state index contributed by atoms with van der Waals surface area (Å²) in [6.07, 6.45) is 0. The van der Waals surface area contributed by atoms with E-state index in [9.17, 15) is 0 Å². The van der Waals surface area contributed by atoms with Crippen molar-refractivity contribution in [3.63, 3.8) is 0 Å². The fourth-order valence-corrected chi connectivity index (χ4v) is 2.44. The molecule has 2 aromatic rings. The lowest BCUT2D eigenvalue weighted by molar-refractivity contribution is 0.429. The molecule has 17 heavy (non-hydrogen) atoms. The fourth-order valence-electron chi connectivity index (χ4n) is 2.44. The topological polar surface area (TPSA) is 3.01 Å². The van der Waals surface area contributed by atoms with Crippen molar-refractivity contribution >= 4 is 0 Å². The maximum absolute atomic E-state index is 2.51. The Morgan fingerprint density at radius 1 is 0.941 bits per heavy atom. The van der Waals surface area contributed by atoms with Crippen LogP contribution < -0.4 is 0 Å². The van der Waals surface area contributed by atoms with Crippen LogP contribution in [-0.2, 0) is 12.1 Å². The van der Waals surface area contributed by atoms with E-state index in [0.717, 1.165) is 13.1 Å². The van der Waals surface area contributed by atoms with Crippen molar-refractivity contribution < 1.29 is 0 Å². The Balaban J connectivity index is 1.74. The van der Waals surface area contributed by atoms with Crippen LogP contribution in [-0.4, -0.2) is 11.4 Å². The molecule has 1 heterocycles. The van der Waals surface area contributed by atoms with E-state index in [1.807, 2.05) is 0 Å². The van der Waals surface area contributed by atoms with Crippen LogP contribution in [0.1, 0.15) is 18.1 Å². The second-order valence-electron chi connectivity index (χ2n) is 4.98.